The number of benzene rings is 2. The third kappa shape index (κ3) is 5.03. The molecule has 0 aromatic heterocycles. The monoisotopic (exact) mass is 395 g/mol. The highest BCUT2D eigenvalue weighted by atomic mass is 35.5. The Balaban J connectivity index is 2.22. The number of amides is 3. The number of urea groups is 1. The number of methoxy groups -OCH3 is 1. The molecule has 0 unspecified atom stereocenters. The number of halogens is 2. The summed E-state index contributed by atoms with van der Waals surface area (Å²) < 4.78 is 5.25. The first-order chi connectivity index (χ1) is 12.3. The van der Waals surface area contributed by atoms with Gasteiger partial charge in [-0.15, -0.1) is 0 Å². The molecule has 0 saturated heterocycles. The van der Waals surface area contributed by atoms with Gasteiger partial charge in [0.15, 0.2) is 0 Å². The average molecular weight is 396 g/mol. The molecule has 2 rings (SSSR count). The van der Waals surface area contributed by atoms with Crippen LogP contribution in [0.2, 0.25) is 10.0 Å². The molecule has 2 aromatic carbocycles. The zero-order valence-corrected chi connectivity index (χ0v) is 15.8. The normalized spacial score (nSPS) is 11.5. The Morgan fingerprint density at radius 2 is 1.88 bits per heavy atom. The number of nitrogens with one attached hydrogen (secondary N) is 2. The molecule has 6 nitrogen and oxygen atoms in total. The Kier molecular flexibility index (Phi) is 6.71. The molecule has 0 aliphatic rings. The summed E-state index contributed by atoms with van der Waals surface area (Å²) in [7, 11) is 1.48. The zero-order valence-electron chi connectivity index (χ0n) is 14.3. The SMILES string of the molecule is COc1cc(Cl)c(C)cc1NC(=O)C[C@H](NC(N)=O)c1ccccc1Cl. The third-order valence-corrected chi connectivity index (χ3v) is 4.49. The van der Waals surface area contributed by atoms with Gasteiger partial charge in [-0.25, -0.2) is 4.79 Å². The molecule has 0 spiro atoms. The van der Waals surface area contributed by atoms with Crippen molar-refractivity contribution in [3.63, 3.8) is 0 Å². The Morgan fingerprint density at radius 3 is 2.50 bits per heavy atom. The van der Waals surface area contributed by atoms with E-state index in [1.165, 1.54) is 7.11 Å². The maximum atomic E-state index is 12.5. The number of anilines is 1. The smallest absolute Gasteiger partial charge is 0.312 e. The fraction of sp³-hybridized carbons (Fsp3) is 0.222. The summed E-state index contributed by atoms with van der Waals surface area (Å²) in [6.45, 7) is 1.82. The molecule has 8 heteroatoms. The molecule has 0 bridgehead atoms. The number of aryl methyl sites for hydroxylation is 1. The molecule has 4 N–H and O–H groups in total. The van der Waals surface area contributed by atoms with Gasteiger partial charge in [-0.2, -0.15) is 0 Å². The number of carbonyl (C=O) groups excluding carboxylic acids is 2. The van der Waals surface area contributed by atoms with Gasteiger partial charge in [0.1, 0.15) is 5.75 Å². The standard InChI is InChI=1S/C18H19Cl2N3O3/c1-10-7-15(16(26-2)8-13(10)20)22-17(24)9-14(23-18(21)25)11-5-3-4-6-12(11)19/h3-8,14H,9H2,1-2H3,(H,22,24)(H3,21,23,25)/t14-/m0/s1. The van der Waals surface area contributed by atoms with Crippen molar-refractivity contribution in [1.82, 2.24) is 5.32 Å². The first-order valence-corrected chi connectivity index (χ1v) is 8.51. The van der Waals surface area contributed by atoms with Gasteiger partial charge in [0, 0.05) is 16.1 Å². The van der Waals surface area contributed by atoms with Crippen LogP contribution in [0.1, 0.15) is 23.6 Å². The lowest BCUT2D eigenvalue weighted by atomic mass is 10.0. The molecule has 0 aliphatic carbocycles. The van der Waals surface area contributed by atoms with Crippen molar-refractivity contribution < 1.29 is 14.3 Å². The third-order valence-electron chi connectivity index (χ3n) is 3.74. The summed E-state index contributed by atoms with van der Waals surface area (Å²) in [5.74, 6) is 0.0924. The predicted octanol–water partition coefficient (Wildman–Crippen LogP) is 4.05. The number of nitrogens with two attached hydrogens (primary N) is 1. The molecule has 1 atom stereocenters. The largest absolute Gasteiger partial charge is 0.495 e. The summed E-state index contributed by atoms with van der Waals surface area (Å²) >= 11 is 12.2. The summed E-state index contributed by atoms with van der Waals surface area (Å²) in [6, 6.07) is 8.85. The van der Waals surface area contributed by atoms with Crippen LogP contribution in [0.4, 0.5) is 10.5 Å². The quantitative estimate of drug-likeness (QED) is 0.688. The maximum absolute atomic E-state index is 12.5. The second kappa shape index (κ2) is 8.78. The van der Waals surface area contributed by atoms with Crippen LogP contribution in [0.15, 0.2) is 36.4 Å². The Morgan fingerprint density at radius 1 is 1.19 bits per heavy atom. The molecule has 26 heavy (non-hydrogen) atoms. The van der Waals surface area contributed by atoms with E-state index >= 15 is 0 Å². The Labute approximate surface area is 161 Å². The van der Waals surface area contributed by atoms with E-state index in [2.05, 4.69) is 10.6 Å². The molecule has 0 heterocycles. The van der Waals surface area contributed by atoms with Crippen LogP contribution >= 0.6 is 23.2 Å². The fourth-order valence-corrected chi connectivity index (χ4v) is 2.91. The minimum absolute atomic E-state index is 0.0580. The summed E-state index contributed by atoms with van der Waals surface area (Å²) in [6.07, 6.45) is -0.0580. The highest BCUT2D eigenvalue weighted by Gasteiger charge is 2.20. The summed E-state index contributed by atoms with van der Waals surface area (Å²) in [5, 5.41) is 6.27. The van der Waals surface area contributed by atoms with Crippen LogP contribution in [0.5, 0.6) is 5.75 Å². The molecular weight excluding hydrogens is 377 g/mol. The average Bonchev–Trinajstić information content (AvgIpc) is 2.57. The van der Waals surface area contributed by atoms with Crippen molar-refractivity contribution in [2.45, 2.75) is 19.4 Å². The van der Waals surface area contributed by atoms with E-state index in [1.807, 2.05) is 6.92 Å². The highest BCUT2D eigenvalue weighted by molar-refractivity contribution is 6.32. The van der Waals surface area contributed by atoms with Crippen LogP contribution in [0.25, 0.3) is 0 Å². The van der Waals surface area contributed by atoms with E-state index in [-0.39, 0.29) is 12.3 Å². The van der Waals surface area contributed by atoms with Crippen LogP contribution in [0.3, 0.4) is 0 Å². The van der Waals surface area contributed by atoms with E-state index in [1.54, 1.807) is 36.4 Å². The lowest BCUT2D eigenvalue weighted by Gasteiger charge is -2.19. The number of hydrogen-bond acceptors (Lipinski definition) is 3. The van der Waals surface area contributed by atoms with E-state index in [0.29, 0.717) is 27.0 Å². The Hall–Kier alpha value is -2.44. The van der Waals surface area contributed by atoms with Crippen molar-refractivity contribution in [3.05, 3.63) is 57.6 Å². The molecule has 0 aliphatic heterocycles. The van der Waals surface area contributed by atoms with Gasteiger partial charge >= 0.3 is 6.03 Å². The highest BCUT2D eigenvalue weighted by Crippen LogP contribution is 2.32. The molecule has 138 valence electrons. The van der Waals surface area contributed by atoms with Crippen LogP contribution < -0.4 is 21.1 Å². The number of carbonyl (C=O) groups is 2. The van der Waals surface area contributed by atoms with Crippen molar-refractivity contribution in [2.24, 2.45) is 5.73 Å². The summed E-state index contributed by atoms with van der Waals surface area (Å²) in [5.41, 5.74) is 7.11. The van der Waals surface area contributed by atoms with Gasteiger partial charge in [-0.1, -0.05) is 41.4 Å². The zero-order chi connectivity index (χ0) is 19.3. The first-order valence-electron chi connectivity index (χ1n) is 7.76. The van der Waals surface area contributed by atoms with Crippen molar-refractivity contribution in [2.75, 3.05) is 12.4 Å². The number of primary amides is 1. The van der Waals surface area contributed by atoms with Gasteiger partial charge in [0.05, 0.1) is 25.3 Å². The van der Waals surface area contributed by atoms with Crippen LogP contribution in [-0.2, 0) is 4.79 Å². The minimum Gasteiger partial charge on any atom is -0.495 e. The van der Waals surface area contributed by atoms with Gasteiger partial charge in [0.2, 0.25) is 5.91 Å². The molecule has 2 aromatic rings. The first kappa shape index (κ1) is 19.9. The fourth-order valence-electron chi connectivity index (χ4n) is 2.48. The second-order valence-electron chi connectivity index (χ2n) is 5.64. The summed E-state index contributed by atoms with van der Waals surface area (Å²) in [4.78, 5) is 23.8. The topological polar surface area (TPSA) is 93.4 Å². The van der Waals surface area contributed by atoms with Gasteiger partial charge < -0.3 is 21.1 Å². The predicted molar refractivity (Wildman–Crippen MR) is 103 cm³/mol. The lowest BCUT2D eigenvalue weighted by molar-refractivity contribution is -0.116. The van der Waals surface area contributed by atoms with E-state index in [0.717, 1.165) is 5.56 Å². The molecular formula is C18H19Cl2N3O3. The van der Waals surface area contributed by atoms with Gasteiger partial charge in [0.25, 0.3) is 0 Å². The van der Waals surface area contributed by atoms with E-state index < -0.39 is 12.1 Å². The minimum atomic E-state index is -0.748. The molecule has 3 amide bonds. The van der Waals surface area contributed by atoms with E-state index in [9.17, 15) is 9.59 Å². The lowest BCUT2D eigenvalue weighted by Crippen LogP contribution is -2.35. The number of ether oxygens (including phenoxy) is 1. The van der Waals surface area contributed by atoms with Crippen LogP contribution in [-0.4, -0.2) is 19.0 Å². The van der Waals surface area contributed by atoms with Crippen molar-refractivity contribution in [1.29, 1.82) is 0 Å². The molecule has 0 fully saturated rings. The number of rotatable bonds is 6. The number of hydrogen-bond donors (Lipinski definition) is 3. The van der Waals surface area contributed by atoms with Gasteiger partial charge in [-0.05, 0) is 30.2 Å². The van der Waals surface area contributed by atoms with E-state index in [4.69, 9.17) is 33.7 Å². The maximum Gasteiger partial charge on any atom is 0.312 e. The van der Waals surface area contributed by atoms with Gasteiger partial charge in [-0.3, -0.25) is 4.79 Å². The molecule has 0 radical (unpaired) electrons. The Bertz CT molecular complexity index is 827. The molecule has 0 saturated carbocycles. The second-order valence-corrected chi connectivity index (χ2v) is 6.45. The van der Waals surface area contributed by atoms with Crippen LogP contribution in [0, 0.1) is 6.92 Å². The van der Waals surface area contributed by atoms with Crippen molar-refractivity contribution in [3.8, 4) is 5.75 Å². The van der Waals surface area contributed by atoms with Crippen molar-refractivity contribution >= 4 is 40.8 Å².